The number of ketones is 1. The van der Waals surface area contributed by atoms with Crippen molar-refractivity contribution in [1.29, 1.82) is 0 Å². The fraction of sp³-hybridized carbons (Fsp3) is 0.269. The Bertz CT molecular complexity index is 1360. The van der Waals surface area contributed by atoms with E-state index in [2.05, 4.69) is 5.32 Å². The highest BCUT2D eigenvalue weighted by atomic mass is 19.2. The van der Waals surface area contributed by atoms with Crippen LogP contribution in [0.3, 0.4) is 0 Å². The lowest BCUT2D eigenvalue weighted by molar-refractivity contribution is -0.130. The summed E-state index contributed by atoms with van der Waals surface area (Å²) in [7, 11) is 0. The Balaban J connectivity index is 1.62. The molecule has 0 saturated carbocycles. The first-order valence-corrected chi connectivity index (χ1v) is 10.8. The first kappa shape index (κ1) is 23.4. The molecule has 1 atom stereocenters. The van der Waals surface area contributed by atoms with Crippen LogP contribution in [0.25, 0.3) is 5.69 Å². The van der Waals surface area contributed by atoms with E-state index in [1.807, 2.05) is 50.5 Å². The fourth-order valence-corrected chi connectivity index (χ4v) is 4.38. The highest BCUT2D eigenvalue weighted by molar-refractivity contribution is 6.11. The van der Waals surface area contributed by atoms with Gasteiger partial charge < -0.3 is 9.88 Å². The summed E-state index contributed by atoms with van der Waals surface area (Å²) in [6.45, 7) is 8.66. The highest BCUT2D eigenvalue weighted by Gasteiger charge is 2.49. The van der Waals surface area contributed by atoms with Crippen LogP contribution in [0.2, 0.25) is 0 Å². The summed E-state index contributed by atoms with van der Waals surface area (Å²) in [5.41, 5.74) is 3.61. The predicted molar refractivity (Wildman–Crippen MR) is 123 cm³/mol. The number of hydrogen-bond donors (Lipinski definition) is 1. The van der Waals surface area contributed by atoms with Crippen LogP contribution in [0.15, 0.2) is 42.5 Å². The number of imide groups is 1. The summed E-state index contributed by atoms with van der Waals surface area (Å²) in [5.74, 6) is -3.30. The van der Waals surface area contributed by atoms with Crippen molar-refractivity contribution < 1.29 is 23.2 Å². The molecule has 4 rings (SSSR count). The number of aryl methyl sites for hydroxylation is 3. The molecule has 1 N–H and O–H groups in total. The van der Waals surface area contributed by atoms with Crippen molar-refractivity contribution in [3.05, 3.63) is 87.7 Å². The Morgan fingerprint density at radius 1 is 0.941 bits per heavy atom. The van der Waals surface area contributed by atoms with Crippen molar-refractivity contribution >= 4 is 17.7 Å². The Kier molecular flexibility index (Phi) is 5.63. The monoisotopic (exact) mass is 465 g/mol. The minimum atomic E-state index is -1.61. The van der Waals surface area contributed by atoms with Crippen LogP contribution < -0.4 is 5.32 Å². The highest BCUT2D eigenvalue weighted by Crippen LogP contribution is 2.30. The number of hydrogen-bond acceptors (Lipinski definition) is 3. The zero-order chi connectivity index (χ0) is 24.9. The van der Waals surface area contributed by atoms with Crippen LogP contribution in [0.4, 0.5) is 13.6 Å². The second-order valence-corrected chi connectivity index (χ2v) is 8.89. The minimum Gasteiger partial charge on any atom is -0.319 e. The zero-order valence-corrected chi connectivity index (χ0v) is 19.6. The number of carbonyl (C=O) groups is 3. The van der Waals surface area contributed by atoms with Crippen LogP contribution in [-0.4, -0.2) is 33.7 Å². The maximum Gasteiger partial charge on any atom is 0.325 e. The number of aromatic nitrogens is 1. The van der Waals surface area contributed by atoms with Gasteiger partial charge in [-0.25, -0.2) is 13.6 Å². The molecule has 0 aliphatic carbocycles. The summed E-state index contributed by atoms with van der Waals surface area (Å²) in [6.07, 6.45) is 0. The van der Waals surface area contributed by atoms with Crippen molar-refractivity contribution in [1.82, 2.24) is 14.8 Å². The van der Waals surface area contributed by atoms with Crippen LogP contribution in [0.1, 0.15) is 45.4 Å². The number of amides is 3. The third-order valence-corrected chi connectivity index (χ3v) is 6.55. The van der Waals surface area contributed by atoms with Crippen molar-refractivity contribution in [3.63, 3.8) is 0 Å². The quantitative estimate of drug-likeness (QED) is 0.441. The van der Waals surface area contributed by atoms with E-state index in [-0.39, 0.29) is 5.56 Å². The number of urea groups is 1. The average Bonchev–Trinajstić information content (AvgIpc) is 3.19. The largest absolute Gasteiger partial charge is 0.325 e. The second kappa shape index (κ2) is 8.20. The first-order valence-electron chi connectivity index (χ1n) is 10.8. The minimum absolute atomic E-state index is 0.0904. The number of rotatable bonds is 5. The van der Waals surface area contributed by atoms with E-state index in [0.29, 0.717) is 11.3 Å². The molecule has 0 radical (unpaired) electrons. The molecule has 6 nitrogen and oxygen atoms in total. The van der Waals surface area contributed by atoms with E-state index < -0.39 is 41.4 Å². The molecule has 0 spiro atoms. The molecule has 176 valence electrons. The molecule has 34 heavy (non-hydrogen) atoms. The van der Waals surface area contributed by atoms with Gasteiger partial charge >= 0.3 is 6.03 Å². The number of nitrogens with zero attached hydrogens (tertiary/aromatic N) is 2. The third-order valence-electron chi connectivity index (χ3n) is 6.55. The van der Waals surface area contributed by atoms with E-state index in [1.165, 1.54) is 13.0 Å². The van der Waals surface area contributed by atoms with E-state index >= 15 is 0 Å². The molecule has 3 aromatic rings. The lowest BCUT2D eigenvalue weighted by atomic mass is 9.92. The van der Waals surface area contributed by atoms with Crippen molar-refractivity contribution in [3.8, 4) is 5.69 Å². The lowest BCUT2D eigenvalue weighted by Gasteiger charge is -2.22. The van der Waals surface area contributed by atoms with E-state index in [0.717, 1.165) is 39.5 Å². The number of benzene rings is 2. The van der Waals surface area contributed by atoms with Gasteiger partial charge in [-0.2, -0.15) is 0 Å². The van der Waals surface area contributed by atoms with Gasteiger partial charge in [-0.05, 0) is 81.6 Å². The molecule has 1 aliphatic heterocycles. The van der Waals surface area contributed by atoms with E-state index in [1.54, 1.807) is 6.07 Å². The predicted octanol–water partition coefficient (Wildman–Crippen LogP) is 4.64. The zero-order valence-electron chi connectivity index (χ0n) is 19.6. The molecule has 2 heterocycles. The van der Waals surface area contributed by atoms with Gasteiger partial charge in [0.25, 0.3) is 5.91 Å². The Hall–Kier alpha value is -3.81. The summed E-state index contributed by atoms with van der Waals surface area (Å²) in [5, 5.41) is 2.51. The van der Waals surface area contributed by atoms with Crippen molar-refractivity contribution in [2.75, 3.05) is 6.54 Å². The smallest absolute Gasteiger partial charge is 0.319 e. The summed E-state index contributed by atoms with van der Waals surface area (Å²) < 4.78 is 29.1. The summed E-state index contributed by atoms with van der Waals surface area (Å²) >= 11 is 0. The maximum atomic E-state index is 13.8. The molecule has 1 aromatic heterocycles. The van der Waals surface area contributed by atoms with Crippen LogP contribution >= 0.6 is 0 Å². The number of nitrogens with one attached hydrogen (secondary N) is 1. The molecule has 3 amide bonds. The molecule has 0 bridgehead atoms. The molecule has 1 aliphatic rings. The summed E-state index contributed by atoms with van der Waals surface area (Å²) in [6, 6.07) is 9.99. The van der Waals surface area contributed by atoms with Crippen molar-refractivity contribution in [2.24, 2.45) is 0 Å². The van der Waals surface area contributed by atoms with Crippen molar-refractivity contribution in [2.45, 2.75) is 40.2 Å². The van der Waals surface area contributed by atoms with Gasteiger partial charge in [0.15, 0.2) is 17.4 Å². The van der Waals surface area contributed by atoms with Gasteiger partial charge in [-0.1, -0.05) is 12.1 Å². The molecular formula is C26H25F2N3O3. The lowest BCUT2D eigenvalue weighted by Crippen LogP contribution is -2.41. The Labute approximate surface area is 196 Å². The topological polar surface area (TPSA) is 71.4 Å². The Morgan fingerprint density at radius 3 is 2.29 bits per heavy atom. The van der Waals surface area contributed by atoms with Gasteiger partial charge in [0.2, 0.25) is 0 Å². The standard InChI is InChI=1S/C26H25F2N3O3/c1-14-6-8-19(10-15(14)2)31-16(3)11-20(17(31)4)23(32)13-30-24(33)26(5,29-25(30)34)18-7-9-21(27)22(28)12-18/h6-12H,13H2,1-5H3,(H,29,34). The Morgan fingerprint density at radius 2 is 1.65 bits per heavy atom. The van der Waals surface area contributed by atoms with Gasteiger partial charge in [-0.15, -0.1) is 0 Å². The summed E-state index contributed by atoms with van der Waals surface area (Å²) in [4.78, 5) is 39.7. The molecule has 1 fully saturated rings. The SMILES string of the molecule is Cc1ccc(-n2c(C)cc(C(=O)CN3C(=O)NC(C)(c4ccc(F)c(F)c4)C3=O)c2C)cc1C. The van der Waals surface area contributed by atoms with E-state index in [9.17, 15) is 23.2 Å². The van der Waals surface area contributed by atoms with Crippen LogP contribution in [0, 0.1) is 39.3 Å². The number of Topliss-reactive ketones (excluding diaryl/α,β-unsaturated/α-hetero) is 1. The maximum absolute atomic E-state index is 13.8. The van der Waals surface area contributed by atoms with Crippen LogP contribution in [0.5, 0.6) is 0 Å². The average molecular weight is 466 g/mol. The normalized spacial score (nSPS) is 17.9. The molecule has 2 aromatic carbocycles. The molecule has 8 heteroatoms. The van der Waals surface area contributed by atoms with Crippen LogP contribution in [-0.2, 0) is 10.3 Å². The van der Waals surface area contributed by atoms with E-state index in [4.69, 9.17) is 0 Å². The van der Waals surface area contributed by atoms with Gasteiger partial charge in [0.05, 0.1) is 6.54 Å². The van der Waals surface area contributed by atoms with Gasteiger partial charge in [-0.3, -0.25) is 14.5 Å². The molecule has 1 saturated heterocycles. The van der Waals surface area contributed by atoms with Gasteiger partial charge in [0, 0.05) is 22.6 Å². The number of carbonyl (C=O) groups excluding carboxylic acids is 3. The third kappa shape index (κ3) is 3.69. The fourth-order valence-electron chi connectivity index (χ4n) is 4.38. The molecular weight excluding hydrogens is 440 g/mol. The first-order chi connectivity index (χ1) is 15.9. The molecule has 1 unspecified atom stereocenters. The number of halogens is 2. The second-order valence-electron chi connectivity index (χ2n) is 8.89. The van der Waals surface area contributed by atoms with Gasteiger partial charge in [0.1, 0.15) is 5.54 Å².